The fourth-order valence-corrected chi connectivity index (χ4v) is 1.92. The first-order valence-corrected chi connectivity index (χ1v) is 5.87. The van der Waals surface area contributed by atoms with Crippen molar-refractivity contribution in [2.45, 2.75) is 12.8 Å². The zero-order valence-electron chi connectivity index (χ0n) is 10.7. The van der Waals surface area contributed by atoms with Gasteiger partial charge in [0.1, 0.15) is 6.54 Å². The summed E-state index contributed by atoms with van der Waals surface area (Å²) in [5, 5.41) is 10.8. The Morgan fingerprint density at radius 1 is 1.28 bits per heavy atom. The summed E-state index contributed by atoms with van der Waals surface area (Å²) in [5.41, 5.74) is 0. The number of carboxylic acids is 1. The highest BCUT2D eigenvalue weighted by atomic mass is 16.4. The molecule has 1 aliphatic rings. The second-order valence-electron chi connectivity index (χ2n) is 4.55. The van der Waals surface area contributed by atoms with Crippen LogP contribution in [0.2, 0.25) is 0 Å². The summed E-state index contributed by atoms with van der Waals surface area (Å²) in [5.74, 6) is -1.49. The normalized spacial score (nSPS) is 16.2. The first kappa shape index (κ1) is 14.3. The Labute approximate surface area is 106 Å². The molecule has 18 heavy (non-hydrogen) atoms. The summed E-state index contributed by atoms with van der Waals surface area (Å²) in [6, 6.07) is -0.0561. The van der Waals surface area contributed by atoms with Gasteiger partial charge in [-0.05, 0) is 12.8 Å². The van der Waals surface area contributed by atoms with E-state index in [1.165, 1.54) is 4.90 Å². The summed E-state index contributed by atoms with van der Waals surface area (Å²) >= 11 is 0. The molecule has 2 N–H and O–H groups in total. The van der Waals surface area contributed by atoms with Crippen LogP contribution in [0.4, 0.5) is 4.79 Å². The number of hydrogen-bond acceptors (Lipinski definition) is 3. The van der Waals surface area contributed by atoms with E-state index >= 15 is 0 Å². The van der Waals surface area contributed by atoms with E-state index in [1.807, 2.05) is 0 Å². The lowest BCUT2D eigenvalue weighted by atomic mass is 9.96. The molecule has 0 radical (unpaired) electrons. The summed E-state index contributed by atoms with van der Waals surface area (Å²) in [4.78, 5) is 36.8. The monoisotopic (exact) mass is 257 g/mol. The van der Waals surface area contributed by atoms with Crippen molar-refractivity contribution in [2.24, 2.45) is 5.92 Å². The molecule has 0 bridgehead atoms. The Morgan fingerprint density at radius 2 is 1.83 bits per heavy atom. The summed E-state index contributed by atoms with van der Waals surface area (Å²) in [6.45, 7) is 0.708. The molecule has 0 aromatic heterocycles. The number of aliphatic carboxylic acids is 1. The fourth-order valence-electron chi connectivity index (χ4n) is 1.92. The number of nitrogens with zero attached hydrogens (tertiary/aromatic N) is 2. The second-order valence-corrected chi connectivity index (χ2v) is 4.55. The van der Waals surface area contributed by atoms with Gasteiger partial charge in [0.15, 0.2) is 0 Å². The lowest BCUT2D eigenvalue weighted by Crippen LogP contribution is -2.46. The van der Waals surface area contributed by atoms with Crippen molar-refractivity contribution in [3.8, 4) is 0 Å². The largest absolute Gasteiger partial charge is 0.480 e. The standard InChI is InChI=1S/C11H19N3O4/c1-13(2)11(18)14-5-3-8(4-6-14)10(17)12-7-9(15)16/h8H,3-7H2,1-2H3,(H,12,17)(H,15,16). The highest BCUT2D eigenvalue weighted by Crippen LogP contribution is 2.17. The SMILES string of the molecule is CN(C)C(=O)N1CCC(C(=O)NCC(=O)O)CC1. The maximum Gasteiger partial charge on any atom is 0.322 e. The molecule has 1 heterocycles. The van der Waals surface area contributed by atoms with Crippen LogP contribution in [0.3, 0.4) is 0 Å². The van der Waals surface area contributed by atoms with Crippen LogP contribution in [-0.4, -0.2) is 66.5 Å². The zero-order chi connectivity index (χ0) is 13.7. The number of nitrogens with one attached hydrogen (secondary N) is 1. The van der Waals surface area contributed by atoms with E-state index in [0.29, 0.717) is 25.9 Å². The van der Waals surface area contributed by atoms with E-state index in [4.69, 9.17) is 5.11 Å². The molecule has 0 unspecified atom stereocenters. The van der Waals surface area contributed by atoms with Gasteiger partial charge in [-0.3, -0.25) is 9.59 Å². The van der Waals surface area contributed by atoms with Crippen molar-refractivity contribution in [3.63, 3.8) is 0 Å². The van der Waals surface area contributed by atoms with Gasteiger partial charge in [-0.2, -0.15) is 0 Å². The molecule has 102 valence electrons. The molecule has 7 nitrogen and oxygen atoms in total. The van der Waals surface area contributed by atoms with Crippen LogP contribution in [0.15, 0.2) is 0 Å². The Hall–Kier alpha value is -1.79. The van der Waals surface area contributed by atoms with E-state index in [2.05, 4.69) is 5.32 Å². The summed E-state index contributed by atoms with van der Waals surface area (Å²) in [6.07, 6.45) is 1.15. The lowest BCUT2D eigenvalue weighted by Gasteiger charge is -2.32. The zero-order valence-corrected chi connectivity index (χ0v) is 10.7. The minimum absolute atomic E-state index is 0.0561. The van der Waals surface area contributed by atoms with E-state index in [-0.39, 0.29) is 24.4 Å². The van der Waals surface area contributed by atoms with E-state index < -0.39 is 5.97 Å². The van der Waals surface area contributed by atoms with Gasteiger partial charge in [-0.15, -0.1) is 0 Å². The highest BCUT2D eigenvalue weighted by Gasteiger charge is 2.27. The van der Waals surface area contributed by atoms with Crippen molar-refractivity contribution in [3.05, 3.63) is 0 Å². The molecule has 7 heteroatoms. The van der Waals surface area contributed by atoms with Gasteiger partial charge in [0.05, 0.1) is 0 Å². The molecule has 0 saturated carbocycles. The maximum absolute atomic E-state index is 11.7. The number of likely N-dealkylation sites (tertiary alicyclic amines) is 1. The Kier molecular flexibility index (Phi) is 4.94. The van der Waals surface area contributed by atoms with E-state index in [9.17, 15) is 14.4 Å². The molecule has 3 amide bonds. The number of carboxylic acid groups (broad SMARTS) is 1. The third kappa shape index (κ3) is 3.90. The van der Waals surface area contributed by atoms with Gasteiger partial charge in [0.2, 0.25) is 5.91 Å². The summed E-state index contributed by atoms with van der Waals surface area (Å²) in [7, 11) is 3.38. The Balaban J connectivity index is 2.37. The van der Waals surface area contributed by atoms with E-state index in [0.717, 1.165) is 0 Å². The lowest BCUT2D eigenvalue weighted by molar-refractivity contribution is -0.138. The first-order chi connectivity index (χ1) is 8.41. The highest BCUT2D eigenvalue weighted by molar-refractivity contribution is 5.83. The van der Waals surface area contributed by atoms with Gasteiger partial charge in [-0.1, -0.05) is 0 Å². The Bertz CT molecular complexity index is 335. The average Bonchev–Trinajstić information content (AvgIpc) is 2.35. The molecule has 1 aliphatic heterocycles. The predicted molar refractivity (Wildman–Crippen MR) is 64.0 cm³/mol. The van der Waals surface area contributed by atoms with Crippen LogP contribution in [0.25, 0.3) is 0 Å². The minimum atomic E-state index is -1.05. The topological polar surface area (TPSA) is 90.0 Å². The number of amides is 3. The van der Waals surface area contributed by atoms with Gasteiger partial charge in [0, 0.05) is 33.1 Å². The quantitative estimate of drug-likeness (QED) is 0.718. The molecular formula is C11H19N3O4. The van der Waals surface area contributed by atoms with Crippen molar-refractivity contribution in [1.29, 1.82) is 0 Å². The average molecular weight is 257 g/mol. The van der Waals surface area contributed by atoms with Crippen molar-refractivity contribution < 1.29 is 19.5 Å². The van der Waals surface area contributed by atoms with Crippen LogP contribution in [0.1, 0.15) is 12.8 Å². The molecule has 0 atom stereocenters. The third-order valence-corrected chi connectivity index (χ3v) is 2.93. The third-order valence-electron chi connectivity index (χ3n) is 2.93. The number of carbonyl (C=O) groups is 3. The van der Waals surface area contributed by atoms with E-state index in [1.54, 1.807) is 19.0 Å². The van der Waals surface area contributed by atoms with Crippen LogP contribution >= 0.6 is 0 Å². The van der Waals surface area contributed by atoms with Crippen molar-refractivity contribution in [1.82, 2.24) is 15.1 Å². The molecule has 0 aromatic rings. The van der Waals surface area contributed by atoms with Crippen LogP contribution in [0.5, 0.6) is 0 Å². The first-order valence-electron chi connectivity index (χ1n) is 5.87. The number of urea groups is 1. The smallest absolute Gasteiger partial charge is 0.322 e. The van der Waals surface area contributed by atoms with Crippen LogP contribution < -0.4 is 5.32 Å². The molecule has 1 saturated heterocycles. The molecule has 1 rings (SSSR count). The van der Waals surface area contributed by atoms with Crippen LogP contribution in [0, 0.1) is 5.92 Å². The number of rotatable bonds is 3. The molecule has 0 aliphatic carbocycles. The fraction of sp³-hybridized carbons (Fsp3) is 0.727. The van der Waals surface area contributed by atoms with Gasteiger partial charge in [0.25, 0.3) is 0 Å². The minimum Gasteiger partial charge on any atom is -0.480 e. The molecular weight excluding hydrogens is 238 g/mol. The molecule has 0 spiro atoms. The molecule has 0 aromatic carbocycles. The number of carbonyl (C=O) groups excluding carboxylic acids is 2. The van der Waals surface area contributed by atoms with Crippen molar-refractivity contribution >= 4 is 17.9 Å². The van der Waals surface area contributed by atoms with Crippen molar-refractivity contribution in [2.75, 3.05) is 33.7 Å². The van der Waals surface area contributed by atoms with Crippen LogP contribution in [-0.2, 0) is 9.59 Å². The summed E-state index contributed by atoms with van der Waals surface area (Å²) < 4.78 is 0. The molecule has 1 fully saturated rings. The number of hydrogen-bond donors (Lipinski definition) is 2. The van der Waals surface area contributed by atoms with Gasteiger partial charge in [-0.25, -0.2) is 4.79 Å². The Morgan fingerprint density at radius 3 is 2.28 bits per heavy atom. The van der Waals surface area contributed by atoms with Gasteiger partial charge >= 0.3 is 12.0 Å². The van der Waals surface area contributed by atoms with Gasteiger partial charge < -0.3 is 20.2 Å². The maximum atomic E-state index is 11.7. The predicted octanol–water partition coefficient (Wildman–Crippen LogP) is -0.419. The number of piperidine rings is 1. The second kappa shape index (κ2) is 6.23.